The Bertz CT molecular complexity index is 358. The molecule has 1 rings (SSSR count). The average Bonchev–Trinajstić information content (AvgIpc) is 2.40. The standard InChI is InChI=1S/C13H22O8/c1-7(14)19-11-10(17-4)9(6-16-3)21-13(18-5)12(11)20-8(2)15/h9-13H,6H2,1-5H3/t9-,10-,11+,12+,13+/m1/s1. The normalized spacial score (nSPS) is 32.5. The Balaban J connectivity index is 3.05. The minimum Gasteiger partial charge on any atom is -0.455 e. The number of rotatable bonds is 6. The maximum atomic E-state index is 11.3. The zero-order valence-electron chi connectivity index (χ0n) is 12.9. The molecule has 8 heteroatoms. The van der Waals surface area contributed by atoms with Crippen LogP contribution in [0.3, 0.4) is 0 Å². The molecule has 1 saturated heterocycles. The van der Waals surface area contributed by atoms with Gasteiger partial charge in [0, 0.05) is 35.2 Å². The first-order valence-electron chi connectivity index (χ1n) is 6.49. The number of esters is 2. The average molecular weight is 306 g/mol. The molecule has 1 aliphatic rings. The highest BCUT2D eigenvalue weighted by Gasteiger charge is 2.50. The van der Waals surface area contributed by atoms with Crippen LogP contribution in [0.4, 0.5) is 0 Å². The number of ether oxygens (including phenoxy) is 6. The lowest BCUT2D eigenvalue weighted by Gasteiger charge is -2.43. The molecular weight excluding hydrogens is 284 g/mol. The Labute approximate surface area is 123 Å². The van der Waals surface area contributed by atoms with Crippen LogP contribution in [-0.2, 0) is 38.0 Å². The Morgan fingerprint density at radius 1 is 0.905 bits per heavy atom. The maximum Gasteiger partial charge on any atom is 0.303 e. The summed E-state index contributed by atoms with van der Waals surface area (Å²) in [6.45, 7) is 2.73. The molecule has 0 amide bonds. The van der Waals surface area contributed by atoms with Gasteiger partial charge in [0.1, 0.15) is 12.2 Å². The topological polar surface area (TPSA) is 89.5 Å². The third kappa shape index (κ3) is 4.63. The lowest BCUT2D eigenvalue weighted by Crippen LogP contribution is -2.62. The minimum atomic E-state index is -0.922. The van der Waals surface area contributed by atoms with Crippen LogP contribution >= 0.6 is 0 Å². The highest BCUT2D eigenvalue weighted by Crippen LogP contribution is 2.28. The predicted molar refractivity (Wildman–Crippen MR) is 69.5 cm³/mol. The van der Waals surface area contributed by atoms with Crippen molar-refractivity contribution in [2.24, 2.45) is 0 Å². The molecule has 1 fully saturated rings. The number of hydrogen-bond donors (Lipinski definition) is 0. The molecule has 0 aromatic carbocycles. The lowest BCUT2D eigenvalue weighted by atomic mass is 9.98. The molecule has 0 radical (unpaired) electrons. The van der Waals surface area contributed by atoms with E-state index in [1.807, 2.05) is 0 Å². The van der Waals surface area contributed by atoms with Crippen LogP contribution in [0.15, 0.2) is 0 Å². The molecule has 122 valence electrons. The zero-order chi connectivity index (χ0) is 16.0. The maximum absolute atomic E-state index is 11.3. The van der Waals surface area contributed by atoms with Crippen molar-refractivity contribution in [1.29, 1.82) is 0 Å². The molecule has 0 N–H and O–H groups in total. The van der Waals surface area contributed by atoms with Gasteiger partial charge >= 0.3 is 11.9 Å². The van der Waals surface area contributed by atoms with Crippen LogP contribution in [0, 0.1) is 0 Å². The van der Waals surface area contributed by atoms with Crippen LogP contribution in [0.5, 0.6) is 0 Å². The number of carbonyl (C=O) groups is 2. The summed E-state index contributed by atoms with van der Waals surface area (Å²) in [5.41, 5.74) is 0. The van der Waals surface area contributed by atoms with Crippen LogP contribution in [0.25, 0.3) is 0 Å². The molecule has 0 bridgehead atoms. The Hall–Kier alpha value is -1.22. The van der Waals surface area contributed by atoms with Gasteiger partial charge in [-0.3, -0.25) is 9.59 Å². The second-order valence-electron chi connectivity index (χ2n) is 4.58. The SMILES string of the molecule is COC[C@H]1O[C@H](OC)[C@@H](OC(C)=O)[C@@H](OC(C)=O)[C@@H]1OC. The molecule has 21 heavy (non-hydrogen) atoms. The Morgan fingerprint density at radius 3 is 1.90 bits per heavy atom. The van der Waals surface area contributed by atoms with E-state index in [1.54, 1.807) is 0 Å². The highest BCUT2D eigenvalue weighted by molar-refractivity contribution is 5.67. The van der Waals surface area contributed by atoms with Crippen LogP contribution in [0.2, 0.25) is 0 Å². The fourth-order valence-electron chi connectivity index (χ4n) is 2.29. The largest absolute Gasteiger partial charge is 0.455 e. The fourth-order valence-corrected chi connectivity index (χ4v) is 2.29. The Kier molecular flexibility index (Phi) is 7.03. The van der Waals surface area contributed by atoms with Crippen molar-refractivity contribution < 1.29 is 38.0 Å². The van der Waals surface area contributed by atoms with Gasteiger partial charge in [-0.25, -0.2) is 0 Å². The fraction of sp³-hybridized carbons (Fsp3) is 0.846. The molecule has 0 aromatic heterocycles. The summed E-state index contributed by atoms with van der Waals surface area (Å²) in [5, 5.41) is 0. The second-order valence-corrected chi connectivity index (χ2v) is 4.58. The van der Waals surface area contributed by atoms with E-state index in [0.717, 1.165) is 0 Å². The number of methoxy groups -OCH3 is 3. The summed E-state index contributed by atoms with van der Waals surface area (Å²) in [6, 6.07) is 0. The van der Waals surface area contributed by atoms with Crippen LogP contribution in [0.1, 0.15) is 13.8 Å². The van der Waals surface area contributed by atoms with Gasteiger partial charge in [-0.1, -0.05) is 0 Å². The van der Waals surface area contributed by atoms with Crippen molar-refractivity contribution in [2.45, 2.75) is 44.6 Å². The molecule has 1 heterocycles. The minimum absolute atomic E-state index is 0.211. The van der Waals surface area contributed by atoms with Crippen molar-refractivity contribution in [3.8, 4) is 0 Å². The van der Waals surface area contributed by atoms with Crippen LogP contribution in [-0.4, -0.2) is 70.6 Å². The van der Waals surface area contributed by atoms with E-state index in [1.165, 1.54) is 35.2 Å². The summed E-state index contributed by atoms with van der Waals surface area (Å²) in [4.78, 5) is 22.6. The predicted octanol–water partition coefficient (Wildman–Crippen LogP) is -0.117. The number of carbonyl (C=O) groups excluding carboxylic acids is 2. The van der Waals surface area contributed by atoms with E-state index in [2.05, 4.69) is 0 Å². The second kappa shape index (κ2) is 8.28. The first-order valence-corrected chi connectivity index (χ1v) is 6.49. The molecular formula is C13H22O8. The van der Waals surface area contributed by atoms with Crippen molar-refractivity contribution >= 4 is 11.9 Å². The summed E-state index contributed by atoms with van der Waals surface area (Å²) < 4.78 is 31.7. The van der Waals surface area contributed by atoms with E-state index in [4.69, 9.17) is 28.4 Å². The first kappa shape index (κ1) is 17.8. The molecule has 0 aliphatic carbocycles. The van der Waals surface area contributed by atoms with Gasteiger partial charge in [0.15, 0.2) is 18.5 Å². The Morgan fingerprint density at radius 2 is 1.48 bits per heavy atom. The van der Waals surface area contributed by atoms with Crippen molar-refractivity contribution in [1.82, 2.24) is 0 Å². The third-order valence-electron chi connectivity index (χ3n) is 3.03. The number of hydrogen-bond acceptors (Lipinski definition) is 8. The molecule has 5 atom stereocenters. The molecule has 1 aliphatic heterocycles. The van der Waals surface area contributed by atoms with Gasteiger partial charge < -0.3 is 28.4 Å². The van der Waals surface area contributed by atoms with Crippen molar-refractivity contribution in [3.05, 3.63) is 0 Å². The van der Waals surface area contributed by atoms with Crippen LogP contribution < -0.4 is 0 Å². The molecule has 0 spiro atoms. The van der Waals surface area contributed by atoms with Gasteiger partial charge in [0.25, 0.3) is 0 Å². The summed E-state index contributed by atoms with van der Waals surface area (Å²) in [6.07, 6.45) is -3.83. The quantitative estimate of drug-likeness (QED) is 0.628. The van der Waals surface area contributed by atoms with Gasteiger partial charge in [0.05, 0.1) is 6.61 Å². The smallest absolute Gasteiger partial charge is 0.303 e. The van der Waals surface area contributed by atoms with E-state index < -0.39 is 42.6 Å². The molecule has 0 aromatic rings. The summed E-state index contributed by atoms with van der Waals surface area (Å²) in [7, 11) is 4.37. The summed E-state index contributed by atoms with van der Waals surface area (Å²) >= 11 is 0. The van der Waals surface area contributed by atoms with Gasteiger partial charge in [-0.2, -0.15) is 0 Å². The monoisotopic (exact) mass is 306 g/mol. The van der Waals surface area contributed by atoms with Gasteiger partial charge in [0.2, 0.25) is 0 Å². The van der Waals surface area contributed by atoms with E-state index in [9.17, 15) is 9.59 Å². The molecule has 0 saturated carbocycles. The zero-order valence-corrected chi connectivity index (χ0v) is 12.9. The van der Waals surface area contributed by atoms with Crippen molar-refractivity contribution in [3.63, 3.8) is 0 Å². The van der Waals surface area contributed by atoms with E-state index in [0.29, 0.717) is 0 Å². The lowest BCUT2D eigenvalue weighted by molar-refractivity contribution is -0.304. The van der Waals surface area contributed by atoms with E-state index >= 15 is 0 Å². The first-order chi connectivity index (χ1) is 9.94. The molecule has 8 nitrogen and oxygen atoms in total. The third-order valence-corrected chi connectivity index (χ3v) is 3.03. The summed E-state index contributed by atoms with van der Waals surface area (Å²) in [5.74, 6) is -1.06. The van der Waals surface area contributed by atoms with Gasteiger partial charge in [-0.05, 0) is 0 Å². The molecule has 0 unspecified atom stereocenters. The highest BCUT2D eigenvalue weighted by atomic mass is 16.7. The van der Waals surface area contributed by atoms with E-state index in [-0.39, 0.29) is 6.61 Å². The van der Waals surface area contributed by atoms with Crippen molar-refractivity contribution in [2.75, 3.05) is 27.9 Å². The van der Waals surface area contributed by atoms with Gasteiger partial charge in [-0.15, -0.1) is 0 Å².